The molecule has 0 atom stereocenters. The van der Waals surface area contributed by atoms with Gasteiger partial charge in [-0.3, -0.25) is 0 Å². The lowest BCUT2D eigenvalue weighted by atomic mass is 10.2. The van der Waals surface area contributed by atoms with Crippen LogP contribution in [0.4, 0.5) is 5.69 Å². The first-order chi connectivity index (χ1) is 6.65. The van der Waals surface area contributed by atoms with Gasteiger partial charge in [0.15, 0.2) is 0 Å². The van der Waals surface area contributed by atoms with Crippen molar-refractivity contribution in [2.24, 2.45) is 0 Å². The minimum absolute atomic E-state index is 0.290. The van der Waals surface area contributed by atoms with E-state index in [1.807, 2.05) is 0 Å². The molecule has 0 spiro atoms. The second-order valence-corrected chi connectivity index (χ2v) is 4.04. The molecule has 0 saturated heterocycles. The standard InChI is InChI=1S/C10H13NO2S/c1-2-5-14-9-6-7(10(12)13)3-4-8(9)11/h3-4,6H,2,5,11H2,1H3,(H,12,13). The van der Waals surface area contributed by atoms with Crippen LogP contribution in [-0.2, 0) is 0 Å². The van der Waals surface area contributed by atoms with Crippen molar-refractivity contribution in [1.82, 2.24) is 0 Å². The molecule has 0 unspecified atom stereocenters. The van der Waals surface area contributed by atoms with Crippen molar-refractivity contribution in [3.8, 4) is 0 Å². The third kappa shape index (κ3) is 2.67. The Balaban J connectivity index is 2.90. The van der Waals surface area contributed by atoms with Crippen molar-refractivity contribution >= 4 is 23.4 Å². The van der Waals surface area contributed by atoms with Gasteiger partial charge in [0.1, 0.15) is 0 Å². The highest BCUT2D eigenvalue weighted by Crippen LogP contribution is 2.26. The van der Waals surface area contributed by atoms with Gasteiger partial charge in [-0.05, 0) is 30.4 Å². The highest BCUT2D eigenvalue weighted by atomic mass is 32.2. The lowest BCUT2D eigenvalue weighted by Crippen LogP contribution is -1.98. The smallest absolute Gasteiger partial charge is 0.335 e. The summed E-state index contributed by atoms with van der Waals surface area (Å²) in [4.78, 5) is 11.5. The van der Waals surface area contributed by atoms with Gasteiger partial charge < -0.3 is 10.8 Å². The van der Waals surface area contributed by atoms with Crippen LogP contribution in [0.3, 0.4) is 0 Å². The SMILES string of the molecule is CCCSc1cc(C(=O)O)ccc1N. The van der Waals surface area contributed by atoms with E-state index in [1.54, 1.807) is 23.9 Å². The van der Waals surface area contributed by atoms with Gasteiger partial charge in [0.25, 0.3) is 0 Å². The number of benzene rings is 1. The molecule has 76 valence electrons. The third-order valence-electron chi connectivity index (χ3n) is 1.72. The van der Waals surface area contributed by atoms with E-state index in [0.717, 1.165) is 17.1 Å². The minimum Gasteiger partial charge on any atom is -0.478 e. The van der Waals surface area contributed by atoms with Crippen LogP contribution in [0.2, 0.25) is 0 Å². The van der Waals surface area contributed by atoms with E-state index in [4.69, 9.17) is 10.8 Å². The normalized spacial score (nSPS) is 10.1. The number of hydrogen-bond donors (Lipinski definition) is 2. The average molecular weight is 211 g/mol. The molecule has 4 heteroatoms. The molecule has 1 rings (SSSR count). The van der Waals surface area contributed by atoms with Crippen molar-refractivity contribution < 1.29 is 9.90 Å². The predicted octanol–water partition coefficient (Wildman–Crippen LogP) is 2.47. The van der Waals surface area contributed by atoms with Crippen molar-refractivity contribution in [2.45, 2.75) is 18.2 Å². The molecule has 3 nitrogen and oxygen atoms in total. The summed E-state index contributed by atoms with van der Waals surface area (Å²) in [6.07, 6.45) is 1.04. The van der Waals surface area contributed by atoms with Gasteiger partial charge in [0.05, 0.1) is 5.56 Å². The fraction of sp³-hybridized carbons (Fsp3) is 0.300. The number of rotatable bonds is 4. The Morgan fingerprint density at radius 1 is 1.57 bits per heavy atom. The van der Waals surface area contributed by atoms with Gasteiger partial charge in [-0.25, -0.2) is 4.79 Å². The molecule has 0 fully saturated rings. The summed E-state index contributed by atoms with van der Waals surface area (Å²) in [6, 6.07) is 4.78. The molecule has 0 aliphatic rings. The van der Waals surface area contributed by atoms with Crippen LogP contribution >= 0.6 is 11.8 Å². The Hall–Kier alpha value is -1.16. The molecular formula is C10H13NO2S. The van der Waals surface area contributed by atoms with Gasteiger partial charge >= 0.3 is 5.97 Å². The Bertz CT molecular complexity index is 339. The molecule has 3 N–H and O–H groups in total. The lowest BCUT2D eigenvalue weighted by Gasteiger charge is -2.05. The summed E-state index contributed by atoms with van der Waals surface area (Å²) in [7, 11) is 0. The maximum atomic E-state index is 10.7. The van der Waals surface area contributed by atoms with E-state index in [-0.39, 0.29) is 5.56 Å². The van der Waals surface area contributed by atoms with E-state index in [0.29, 0.717) is 5.69 Å². The topological polar surface area (TPSA) is 63.3 Å². The van der Waals surface area contributed by atoms with Crippen LogP contribution in [-0.4, -0.2) is 16.8 Å². The summed E-state index contributed by atoms with van der Waals surface area (Å²) in [5.74, 6) is 0.0381. The first-order valence-electron chi connectivity index (χ1n) is 4.40. The number of nitrogens with two attached hydrogens (primary N) is 1. The number of carboxylic acid groups (broad SMARTS) is 1. The summed E-state index contributed by atoms with van der Waals surface area (Å²) >= 11 is 1.59. The molecular weight excluding hydrogens is 198 g/mol. The quantitative estimate of drug-likeness (QED) is 0.593. The van der Waals surface area contributed by atoms with E-state index in [2.05, 4.69) is 6.92 Å². The highest BCUT2D eigenvalue weighted by molar-refractivity contribution is 7.99. The fourth-order valence-corrected chi connectivity index (χ4v) is 1.87. The zero-order chi connectivity index (χ0) is 10.6. The molecule has 0 aliphatic carbocycles. The lowest BCUT2D eigenvalue weighted by molar-refractivity contribution is 0.0696. The van der Waals surface area contributed by atoms with E-state index in [1.165, 1.54) is 6.07 Å². The molecule has 1 aromatic rings. The molecule has 0 bridgehead atoms. The maximum Gasteiger partial charge on any atom is 0.335 e. The zero-order valence-electron chi connectivity index (χ0n) is 7.99. The first kappa shape index (κ1) is 10.9. The Morgan fingerprint density at radius 3 is 2.86 bits per heavy atom. The number of nitrogen functional groups attached to an aromatic ring is 1. The van der Waals surface area contributed by atoms with Crippen LogP contribution in [0.15, 0.2) is 23.1 Å². The van der Waals surface area contributed by atoms with Gasteiger partial charge in [-0.1, -0.05) is 6.92 Å². The van der Waals surface area contributed by atoms with Crippen LogP contribution in [0.1, 0.15) is 23.7 Å². The third-order valence-corrected chi connectivity index (χ3v) is 3.00. The summed E-state index contributed by atoms with van der Waals surface area (Å²) in [6.45, 7) is 2.07. The second-order valence-electron chi connectivity index (χ2n) is 2.91. The number of thioether (sulfide) groups is 1. The van der Waals surface area contributed by atoms with E-state index in [9.17, 15) is 4.79 Å². The van der Waals surface area contributed by atoms with Gasteiger partial charge in [0.2, 0.25) is 0 Å². The minimum atomic E-state index is -0.914. The fourth-order valence-electron chi connectivity index (χ4n) is 1.00. The summed E-state index contributed by atoms with van der Waals surface area (Å²) in [5.41, 5.74) is 6.65. The van der Waals surface area contributed by atoms with Crippen LogP contribution < -0.4 is 5.73 Å². The van der Waals surface area contributed by atoms with Crippen molar-refractivity contribution in [2.75, 3.05) is 11.5 Å². The van der Waals surface area contributed by atoms with Crippen LogP contribution in [0.5, 0.6) is 0 Å². The molecule has 0 aliphatic heterocycles. The van der Waals surface area contributed by atoms with Gasteiger partial charge in [-0.2, -0.15) is 0 Å². The number of carboxylic acids is 1. The number of anilines is 1. The maximum absolute atomic E-state index is 10.7. The molecule has 0 aromatic heterocycles. The Labute approximate surface area is 87.3 Å². The largest absolute Gasteiger partial charge is 0.478 e. The second kappa shape index (κ2) is 4.91. The monoisotopic (exact) mass is 211 g/mol. The van der Waals surface area contributed by atoms with Gasteiger partial charge in [0, 0.05) is 10.6 Å². The van der Waals surface area contributed by atoms with E-state index < -0.39 is 5.97 Å². The molecule has 14 heavy (non-hydrogen) atoms. The van der Waals surface area contributed by atoms with Crippen molar-refractivity contribution in [3.05, 3.63) is 23.8 Å². The molecule has 0 amide bonds. The first-order valence-corrected chi connectivity index (χ1v) is 5.39. The number of carbonyl (C=O) groups is 1. The predicted molar refractivity (Wildman–Crippen MR) is 58.8 cm³/mol. The number of hydrogen-bond acceptors (Lipinski definition) is 3. The van der Waals surface area contributed by atoms with Gasteiger partial charge in [-0.15, -0.1) is 11.8 Å². The summed E-state index contributed by atoms with van der Waals surface area (Å²) in [5, 5.41) is 8.78. The van der Waals surface area contributed by atoms with Crippen LogP contribution in [0, 0.1) is 0 Å². The Morgan fingerprint density at radius 2 is 2.29 bits per heavy atom. The molecule has 1 aromatic carbocycles. The summed E-state index contributed by atoms with van der Waals surface area (Å²) < 4.78 is 0. The molecule has 0 radical (unpaired) electrons. The molecule has 0 saturated carbocycles. The number of aromatic carboxylic acids is 1. The van der Waals surface area contributed by atoms with Crippen LogP contribution in [0.25, 0.3) is 0 Å². The van der Waals surface area contributed by atoms with E-state index >= 15 is 0 Å². The van der Waals surface area contributed by atoms with Crippen molar-refractivity contribution in [3.63, 3.8) is 0 Å². The Kier molecular flexibility index (Phi) is 3.83. The van der Waals surface area contributed by atoms with Crippen molar-refractivity contribution in [1.29, 1.82) is 0 Å². The zero-order valence-corrected chi connectivity index (χ0v) is 8.80. The highest BCUT2D eigenvalue weighted by Gasteiger charge is 2.06. The average Bonchev–Trinajstić information content (AvgIpc) is 2.16. The molecule has 0 heterocycles.